The van der Waals surface area contributed by atoms with Crippen LogP contribution in [0.15, 0.2) is 6.07 Å². The van der Waals surface area contributed by atoms with Gasteiger partial charge in [0.25, 0.3) is 0 Å². The molecule has 0 aliphatic heterocycles. The minimum absolute atomic E-state index is 0.166. The summed E-state index contributed by atoms with van der Waals surface area (Å²) in [6.07, 6.45) is 0. The van der Waals surface area contributed by atoms with Gasteiger partial charge in [-0.2, -0.15) is 0 Å². The summed E-state index contributed by atoms with van der Waals surface area (Å²) >= 11 is 0. The fourth-order valence-electron chi connectivity index (χ4n) is 1.20. The second kappa shape index (κ2) is 4.08. The summed E-state index contributed by atoms with van der Waals surface area (Å²) in [7, 11) is 1.24. The number of aromatic amines is 1. The second-order valence-electron chi connectivity index (χ2n) is 3.10. The van der Waals surface area contributed by atoms with Gasteiger partial charge in [0.05, 0.1) is 7.11 Å². The smallest absolute Gasteiger partial charge is 0.354 e. The number of methoxy groups -OCH3 is 1. The Morgan fingerprint density at radius 3 is 2.40 bits per heavy atom. The highest BCUT2D eigenvalue weighted by atomic mass is 16.5. The SMILES string of the molecule is COC(=O)c1cc(C(=O)C(C)=O)c(C)[nH]1. The van der Waals surface area contributed by atoms with Gasteiger partial charge in [0.15, 0.2) is 5.78 Å². The lowest BCUT2D eigenvalue weighted by atomic mass is 10.1. The Labute approximate surface area is 86.4 Å². The average molecular weight is 209 g/mol. The molecule has 1 heterocycles. The molecule has 1 aromatic heterocycles. The van der Waals surface area contributed by atoms with E-state index < -0.39 is 17.5 Å². The van der Waals surface area contributed by atoms with Crippen LogP contribution in [0.25, 0.3) is 0 Å². The van der Waals surface area contributed by atoms with Crippen LogP contribution in [0.3, 0.4) is 0 Å². The Hall–Kier alpha value is -1.91. The molecule has 0 aliphatic carbocycles. The Bertz CT molecular complexity index is 431. The van der Waals surface area contributed by atoms with Crippen molar-refractivity contribution in [2.75, 3.05) is 7.11 Å². The third kappa shape index (κ3) is 2.12. The van der Waals surface area contributed by atoms with Gasteiger partial charge in [-0.3, -0.25) is 9.59 Å². The van der Waals surface area contributed by atoms with E-state index >= 15 is 0 Å². The monoisotopic (exact) mass is 209 g/mol. The van der Waals surface area contributed by atoms with E-state index in [4.69, 9.17) is 0 Å². The number of carbonyl (C=O) groups is 3. The Kier molecular flexibility index (Phi) is 3.04. The van der Waals surface area contributed by atoms with Gasteiger partial charge in [0.1, 0.15) is 5.69 Å². The highest BCUT2D eigenvalue weighted by Crippen LogP contribution is 2.12. The van der Waals surface area contributed by atoms with Crippen LogP contribution < -0.4 is 0 Å². The minimum Gasteiger partial charge on any atom is -0.464 e. The average Bonchev–Trinajstić information content (AvgIpc) is 2.57. The lowest BCUT2D eigenvalue weighted by Gasteiger charge is -1.92. The van der Waals surface area contributed by atoms with Crippen LogP contribution in [0.2, 0.25) is 0 Å². The largest absolute Gasteiger partial charge is 0.464 e. The zero-order chi connectivity index (χ0) is 11.6. The fraction of sp³-hybridized carbons (Fsp3) is 0.300. The van der Waals surface area contributed by atoms with E-state index in [0.29, 0.717) is 5.69 Å². The number of H-pyrrole nitrogens is 1. The lowest BCUT2D eigenvalue weighted by Crippen LogP contribution is -2.09. The number of aryl methyl sites for hydroxylation is 1. The molecular weight excluding hydrogens is 198 g/mol. The summed E-state index contributed by atoms with van der Waals surface area (Å²) in [6.45, 7) is 2.80. The molecule has 80 valence electrons. The van der Waals surface area contributed by atoms with Gasteiger partial charge in [-0.05, 0) is 13.0 Å². The van der Waals surface area contributed by atoms with Gasteiger partial charge in [-0.15, -0.1) is 0 Å². The molecule has 0 amide bonds. The lowest BCUT2D eigenvalue weighted by molar-refractivity contribution is -0.113. The van der Waals surface area contributed by atoms with E-state index in [0.717, 1.165) is 0 Å². The molecule has 0 saturated carbocycles. The zero-order valence-electron chi connectivity index (χ0n) is 8.71. The van der Waals surface area contributed by atoms with Gasteiger partial charge >= 0.3 is 5.97 Å². The van der Waals surface area contributed by atoms with Crippen molar-refractivity contribution >= 4 is 17.5 Å². The number of nitrogens with one attached hydrogen (secondary N) is 1. The summed E-state index contributed by atoms with van der Waals surface area (Å²) < 4.78 is 4.48. The first-order valence-corrected chi connectivity index (χ1v) is 4.30. The van der Waals surface area contributed by atoms with Gasteiger partial charge in [0, 0.05) is 18.2 Å². The third-order valence-corrected chi connectivity index (χ3v) is 1.98. The van der Waals surface area contributed by atoms with Crippen LogP contribution in [0.4, 0.5) is 0 Å². The first-order valence-electron chi connectivity index (χ1n) is 4.30. The van der Waals surface area contributed by atoms with Crippen molar-refractivity contribution < 1.29 is 19.1 Å². The molecule has 0 unspecified atom stereocenters. The Morgan fingerprint density at radius 1 is 1.33 bits per heavy atom. The second-order valence-corrected chi connectivity index (χ2v) is 3.10. The normalized spacial score (nSPS) is 9.80. The number of ketones is 2. The molecule has 0 aliphatic rings. The summed E-state index contributed by atoms with van der Waals surface area (Å²) in [6, 6.07) is 1.32. The molecule has 1 aromatic rings. The zero-order valence-corrected chi connectivity index (χ0v) is 8.71. The standard InChI is InChI=1S/C10H11NO4/c1-5-7(9(13)6(2)12)4-8(11-5)10(14)15-3/h4,11H,1-3H3. The number of hydrogen-bond acceptors (Lipinski definition) is 4. The maximum absolute atomic E-state index is 11.4. The molecule has 5 nitrogen and oxygen atoms in total. The van der Waals surface area contributed by atoms with Crippen LogP contribution in [0, 0.1) is 6.92 Å². The molecule has 1 rings (SSSR count). The van der Waals surface area contributed by atoms with Crippen molar-refractivity contribution in [3.63, 3.8) is 0 Å². The molecule has 0 aromatic carbocycles. The molecule has 0 spiro atoms. The van der Waals surface area contributed by atoms with E-state index in [-0.39, 0.29) is 11.3 Å². The fourth-order valence-corrected chi connectivity index (χ4v) is 1.20. The van der Waals surface area contributed by atoms with Crippen LogP contribution in [0.5, 0.6) is 0 Å². The van der Waals surface area contributed by atoms with Gasteiger partial charge in [-0.1, -0.05) is 0 Å². The minimum atomic E-state index is -0.612. The highest BCUT2D eigenvalue weighted by molar-refractivity contribution is 6.43. The molecule has 5 heteroatoms. The molecule has 0 fully saturated rings. The number of hydrogen-bond donors (Lipinski definition) is 1. The van der Waals surface area contributed by atoms with Gasteiger partial charge in [-0.25, -0.2) is 4.79 Å². The molecule has 0 atom stereocenters. The van der Waals surface area contributed by atoms with E-state index in [1.807, 2.05) is 0 Å². The number of rotatable bonds is 3. The van der Waals surface area contributed by atoms with Crippen LogP contribution in [-0.4, -0.2) is 29.6 Å². The maximum Gasteiger partial charge on any atom is 0.354 e. The van der Waals surface area contributed by atoms with E-state index in [9.17, 15) is 14.4 Å². The van der Waals surface area contributed by atoms with Crippen molar-refractivity contribution in [3.8, 4) is 0 Å². The first-order chi connectivity index (χ1) is 6.97. The van der Waals surface area contributed by atoms with E-state index in [2.05, 4.69) is 9.72 Å². The summed E-state index contributed by atoms with van der Waals surface area (Å²) in [5.41, 5.74) is 0.859. The highest BCUT2D eigenvalue weighted by Gasteiger charge is 2.19. The topological polar surface area (TPSA) is 76.2 Å². The van der Waals surface area contributed by atoms with Crippen LogP contribution in [-0.2, 0) is 9.53 Å². The molecule has 0 radical (unpaired) electrons. The Morgan fingerprint density at radius 2 is 1.93 bits per heavy atom. The first kappa shape index (κ1) is 11.2. The number of Topliss-reactive ketones (excluding diaryl/α,β-unsaturated/α-hetero) is 2. The van der Waals surface area contributed by atoms with E-state index in [1.54, 1.807) is 6.92 Å². The summed E-state index contributed by atoms with van der Waals surface area (Å²) in [5, 5.41) is 0. The van der Waals surface area contributed by atoms with E-state index in [1.165, 1.54) is 20.1 Å². The van der Waals surface area contributed by atoms with Crippen molar-refractivity contribution in [1.29, 1.82) is 0 Å². The summed E-state index contributed by atoms with van der Waals surface area (Å²) in [5.74, 6) is -1.74. The van der Waals surface area contributed by atoms with Gasteiger partial charge in [0.2, 0.25) is 5.78 Å². The number of esters is 1. The predicted molar refractivity (Wildman–Crippen MR) is 51.9 cm³/mol. The molecule has 1 N–H and O–H groups in total. The van der Waals surface area contributed by atoms with Crippen LogP contribution >= 0.6 is 0 Å². The number of carbonyl (C=O) groups excluding carboxylic acids is 3. The quantitative estimate of drug-likeness (QED) is 0.455. The van der Waals surface area contributed by atoms with Crippen molar-refractivity contribution in [1.82, 2.24) is 4.98 Å². The molecule has 15 heavy (non-hydrogen) atoms. The number of ether oxygens (including phenoxy) is 1. The number of aromatic nitrogens is 1. The van der Waals surface area contributed by atoms with Crippen molar-refractivity contribution in [2.45, 2.75) is 13.8 Å². The van der Waals surface area contributed by atoms with Gasteiger partial charge < -0.3 is 9.72 Å². The predicted octanol–water partition coefficient (Wildman–Crippen LogP) is 0.881. The van der Waals surface area contributed by atoms with Crippen molar-refractivity contribution in [3.05, 3.63) is 23.0 Å². The summed E-state index contributed by atoms with van der Waals surface area (Å²) in [4.78, 5) is 36.0. The maximum atomic E-state index is 11.4. The Balaban J connectivity index is 3.12. The molecule has 0 bridgehead atoms. The van der Waals surface area contributed by atoms with Crippen molar-refractivity contribution in [2.24, 2.45) is 0 Å². The third-order valence-electron chi connectivity index (χ3n) is 1.98. The molecule has 0 saturated heterocycles. The molecular formula is C10H11NO4. The van der Waals surface area contributed by atoms with Crippen LogP contribution in [0.1, 0.15) is 33.5 Å².